The molecule has 0 aliphatic carbocycles. The third kappa shape index (κ3) is 4.15. The third-order valence-corrected chi connectivity index (χ3v) is 3.60. The molecule has 8 nitrogen and oxygen atoms in total. The number of carbonyl (C=O) groups excluding carboxylic acids is 2. The van der Waals surface area contributed by atoms with Crippen LogP contribution in [0, 0.1) is 10.1 Å². The van der Waals surface area contributed by atoms with Gasteiger partial charge in [-0.15, -0.1) is 0 Å². The van der Waals surface area contributed by atoms with Crippen molar-refractivity contribution in [2.24, 2.45) is 0 Å². The molecule has 0 saturated heterocycles. The van der Waals surface area contributed by atoms with E-state index in [1.807, 2.05) is 0 Å². The molecule has 26 heavy (non-hydrogen) atoms. The SMILES string of the molecule is COc1ccc(C(=O)O[C@@H](C(=O)N(C)C)c2ccccc2)cc1[N+](=O)[O-]. The fourth-order valence-electron chi connectivity index (χ4n) is 2.26. The van der Waals surface area contributed by atoms with Gasteiger partial charge in [-0.05, 0) is 12.1 Å². The lowest BCUT2D eigenvalue weighted by molar-refractivity contribution is -0.385. The summed E-state index contributed by atoms with van der Waals surface area (Å²) >= 11 is 0. The van der Waals surface area contributed by atoms with Crippen LogP contribution in [0.1, 0.15) is 22.0 Å². The quantitative estimate of drug-likeness (QED) is 0.447. The Morgan fingerprint density at radius 3 is 2.31 bits per heavy atom. The van der Waals surface area contributed by atoms with E-state index >= 15 is 0 Å². The van der Waals surface area contributed by atoms with E-state index in [-0.39, 0.29) is 17.0 Å². The highest BCUT2D eigenvalue weighted by Crippen LogP contribution is 2.29. The first kappa shape index (κ1) is 18.9. The van der Waals surface area contributed by atoms with Crippen molar-refractivity contribution in [2.45, 2.75) is 6.10 Å². The molecule has 8 heteroatoms. The van der Waals surface area contributed by atoms with E-state index in [9.17, 15) is 19.7 Å². The highest BCUT2D eigenvalue weighted by molar-refractivity contribution is 5.93. The van der Waals surface area contributed by atoms with Crippen LogP contribution in [0.25, 0.3) is 0 Å². The molecule has 0 spiro atoms. The van der Waals surface area contributed by atoms with Gasteiger partial charge in [0.2, 0.25) is 6.10 Å². The number of hydrogen-bond donors (Lipinski definition) is 0. The van der Waals surface area contributed by atoms with Crippen LogP contribution in [0.2, 0.25) is 0 Å². The van der Waals surface area contributed by atoms with E-state index < -0.39 is 22.9 Å². The standard InChI is InChI=1S/C18H18N2O6/c1-19(2)17(21)16(12-7-5-4-6-8-12)26-18(22)13-9-10-15(25-3)14(11-13)20(23)24/h4-11,16H,1-3H3/t16-/m1/s1. The first-order valence-electron chi connectivity index (χ1n) is 7.64. The van der Waals surface area contributed by atoms with Crippen molar-refractivity contribution in [3.05, 3.63) is 69.8 Å². The molecule has 0 radical (unpaired) electrons. The van der Waals surface area contributed by atoms with Crippen LogP contribution in [0.5, 0.6) is 5.75 Å². The normalized spacial score (nSPS) is 11.3. The Morgan fingerprint density at radius 2 is 1.77 bits per heavy atom. The lowest BCUT2D eigenvalue weighted by atomic mass is 10.1. The Labute approximate surface area is 150 Å². The number of methoxy groups -OCH3 is 1. The van der Waals surface area contributed by atoms with Crippen molar-refractivity contribution >= 4 is 17.6 Å². The molecular formula is C18H18N2O6. The lowest BCUT2D eigenvalue weighted by Gasteiger charge is -2.21. The smallest absolute Gasteiger partial charge is 0.339 e. The minimum atomic E-state index is -1.15. The van der Waals surface area contributed by atoms with Crippen LogP contribution in [0.3, 0.4) is 0 Å². The Balaban J connectivity index is 2.34. The van der Waals surface area contributed by atoms with Crippen LogP contribution >= 0.6 is 0 Å². The number of esters is 1. The number of nitro groups is 1. The predicted molar refractivity (Wildman–Crippen MR) is 92.9 cm³/mol. The van der Waals surface area contributed by atoms with E-state index in [0.29, 0.717) is 5.56 Å². The number of ether oxygens (including phenoxy) is 2. The van der Waals surface area contributed by atoms with Gasteiger partial charge < -0.3 is 14.4 Å². The summed E-state index contributed by atoms with van der Waals surface area (Å²) in [5.74, 6) is -1.25. The van der Waals surface area contributed by atoms with Crippen molar-refractivity contribution in [2.75, 3.05) is 21.2 Å². The van der Waals surface area contributed by atoms with Gasteiger partial charge in [-0.2, -0.15) is 0 Å². The maximum atomic E-state index is 12.5. The molecule has 2 rings (SSSR count). The van der Waals surface area contributed by atoms with E-state index in [1.54, 1.807) is 44.4 Å². The largest absolute Gasteiger partial charge is 0.490 e. The highest BCUT2D eigenvalue weighted by Gasteiger charge is 2.28. The number of carbonyl (C=O) groups is 2. The van der Waals surface area contributed by atoms with Crippen molar-refractivity contribution in [1.82, 2.24) is 4.90 Å². The zero-order chi connectivity index (χ0) is 19.3. The van der Waals surface area contributed by atoms with Crippen LogP contribution in [-0.4, -0.2) is 42.9 Å². The molecule has 2 aromatic rings. The first-order valence-corrected chi connectivity index (χ1v) is 7.64. The fourth-order valence-corrected chi connectivity index (χ4v) is 2.26. The van der Waals surface area contributed by atoms with Crippen LogP contribution in [0.15, 0.2) is 48.5 Å². The second-order valence-corrected chi connectivity index (χ2v) is 5.57. The maximum Gasteiger partial charge on any atom is 0.339 e. The average Bonchev–Trinajstić information content (AvgIpc) is 2.65. The third-order valence-electron chi connectivity index (χ3n) is 3.60. The first-order chi connectivity index (χ1) is 12.3. The summed E-state index contributed by atoms with van der Waals surface area (Å²) < 4.78 is 10.3. The van der Waals surface area contributed by atoms with Gasteiger partial charge in [0.25, 0.3) is 5.91 Å². The zero-order valence-electron chi connectivity index (χ0n) is 14.5. The Hall–Kier alpha value is -3.42. The molecule has 1 atom stereocenters. The molecule has 0 saturated carbocycles. The number of amides is 1. The van der Waals surface area contributed by atoms with Gasteiger partial charge in [0.1, 0.15) is 0 Å². The summed E-state index contributed by atoms with van der Waals surface area (Å²) in [7, 11) is 4.39. The summed E-state index contributed by atoms with van der Waals surface area (Å²) in [6.45, 7) is 0. The molecule has 0 aromatic heterocycles. The van der Waals surface area contributed by atoms with Gasteiger partial charge in [-0.3, -0.25) is 14.9 Å². The number of nitrogens with zero attached hydrogens (tertiary/aromatic N) is 2. The number of nitro benzene ring substituents is 1. The predicted octanol–water partition coefficient (Wildman–Crippen LogP) is 2.59. The number of benzene rings is 2. The van der Waals surface area contributed by atoms with Crippen LogP contribution < -0.4 is 4.74 Å². The van der Waals surface area contributed by atoms with E-state index in [2.05, 4.69) is 0 Å². The topological polar surface area (TPSA) is 99.0 Å². The molecule has 0 bridgehead atoms. The minimum Gasteiger partial charge on any atom is -0.490 e. The van der Waals surface area contributed by atoms with Gasteiger partial charge in [-0.1, -0.05) is 30.3 Å². The molecule has 136 valence electrons. The maximum absolute atomic E-state index is 12.5. The van der Waals surface area contributed by atoms with Crippen molar-refractivity contribution in [1.29, 1.82) is 0 Å². The second-order valence-electron chi connectivity index (χ2n) is 5.57. The molecule has 0 N–H and O–H groups in total. The second kappa shape index (κ2) is 8.11. The highest BCUT2D eigenvalue weighted by atomic mass is 16.6. The Bertz CT molecular complexity index is 820. The summed E-state index contributed by atoms with van der Waals surface area (Å²) in [5, 5.41) is 11.1. The van der Waals surface area contributed by atoms with E-state index in [0.717, 1.165) is 6.07 Å². The number of hydrogen-bond acceptors (Lipinski definition) is 6. The van der Waals surface area contributed by atoms with Gasteiger partial charge in [-0.25, -0.2) is 4.79 Å². The minimum absolute atomic E-state index is 0.0236. The molecular weight excluding hydrogens is 340 g/mol. The molecule has 0 heterocycles. The summed E-state index contributed by atoms with van der Waals surface area (Å²) in [6.07, 6.45) is -1.15. The summed E-state index contributed by atoms with van der Waals surface area (Å²) in [5.41, 5.74) is 0.0877. The molecule has 0 unspecified atom stereocenters. The molecule has 0 fully saturated rings. The fraction of sp³-hybridized carbons (Fsp3) is 0.222. The Kier molecular flexibility index (Phi) is 5.90. The monoisotopic (exact) mass is 358 g/mol. The Morgan fingerprint density at radius 1 is 1.12 bits per heavy atom. The van der Waals surface area contributed by atoms with Gasteiger partial charge in [0.15, 0.2) is 5.75 Å². The van der Waals surface area contributed by atoms with Gasteiger partial charge in [0, 0.05) is 25.7 Å². The molecule has 0 aliphatic rings. The van der Waals surface area contributed by atoms with Gasteiger partial charge >= 0.3 is 11.7 Å². The van der Waals surface area contributed by atoms with Crippen molar-refractivity contribution in [3.8, 4) is 5.75 Å². The lowest BCUT2D eigenvalue weighted by Crippen LogP contribution is -2.31. The summed E-state index contributed by atoms with van der Waals surface area (Å²) in [6, 6.07) is 12.2. The van der Waals surface area contributed by atoms with E-state index in [4.69, 9.17) is 9.47 Å². The molecule has 2 aromatic carbocycles. The van der Waals surface area contributed by atoms with Crippen LogP contribution in [-0.2, 0) is 9.53 Å². The molecule has 0 aliphatic heterocycles. The molecule has 1 amide bonds. The zero-order valence-corrected chi connectivity index (χ0v) is 14.5. The van der Waals surface area contributed by atoms with Crippen molar-refractivity contribution < 1.29 is 24.0 Å². The summed E-state index contributed by atoms with van der Waals surface area (Å²) in [4.78, 5) is 36.6. The van der Waals surface area contributed by atoms with Crippen LogP contribution in [0.4, 0.5) is 5.69 Å². The van der Waals surface area contributed by atoms with Gasteiger partial charge in [0.05, 0.1) is 17.6 Å². The average molecular weight is 358 g/mol. The number of likely N-dealkylation sites (N-methyl/N-ethyl adjacent to an activating group) is 1. The van der Waals surface area contributed by atoms with Crippen molar-refractivity contribution in [3.63, 3.8) is 0 Å². The number of rotatable bonds is 6. The van der Waals surface area contributed by atoms with E-state index in [1.165, 1.54) is 24.1 Å².